The van der Waals surface area contributed by atoms with Crippen molar-refractivity contribution in [2.75, 3.05) is 33.2 Å². The van der Waals surface area contributed by atoms with Gasteiger partial charge in [-0.1, -0.05) is 0 Å². The summed E-state index contributed by atoms with van der Waals surface area (Å²) in [5, 5.41) is 0. The lowest BCUT2D eigenvalue weighted by Crippen LogP contribution is -2.67. The number of carbonyl (C=O) groups excluding carboxylic acids is 1. The summed E-state index contributed by atoms with van der Waals surface area (Å²) in [6.45, 7) is 8.11. The van der Waals surface area contributed by atoms with Crippen LogP contribution in [0.25, 0.3) is 0 Å². The second-order valence-corrected chi connectivity index (χ2v) is 10.7. The van der Waals surface area contributed by atoms with Crippen molar-refractivity contribution >= 4 is 16.3 Å². The average Bonchev–Trinajstić information content (AvgIpc) is 2.38. The van der Waals surface area contributed by atoms with E-state index in [2.05, 4.69) is 11.9 Å². The number of nitrogens with zero attached hydrogens (tertiary/aromatic N) is 2. The van der Waals surface area contributed by atoms with Crippen molar-refractivity contribution in [1.82, 2.24) is 13.9 Å². The third-order valence-electron chi connectivity index (χ3n) is 5.35. The summed E-state index contributed by atoms with van der Waals surface area (Å²) in [7, 11) is -1.70. The Kier molecular flexibility index (Phi) is 5.29. The van der Waals surface area contributed by atoms with E-state index in [-0.39, 0.29) is 11.5 Å². The van der Waals surface area contributed by atoms with Crippen molar-refractivity contribution in [3.63, 3.8) is 0 Å². The van der Waals surface area contributed by atoms with E-state index in [1.165, 1.54) is 4.31 Å². The number of nitrogens with one attached hydrogen (secondary N) is 1. The fourth-order valence-corrected chi connectivity index (χ4v) is 5.26. The third-order valence-corrected chi connectivity index (χ3v) is 6.71. The molecule has 0 atom stereocenters. The monoisotopic (exact) mass is 389 g/mol. The Morgan fingerprint density at radius 1 is 1.12 bits per heavy atom. The first-order valence-electron chi connectivity index (χ1n) is 9.31. The van der Waals surface area contributed by atoms with Crippen LogP contribution < -0.4 is 4.72 Å². The van der Waals surface area contributed by atoms with Gasteiger partial charge in [-0.25, -0.2) is 9.52 Å². The second-order valence-electron chi connectivity index (χ2n) is 9.05. The van der Waals surface area contributed by atoms with Gasteiger partial charge in [0.2, 0.25) is 0 Å². The number of hydrogen-bond donors (Lipinski definition) is 1. The highest BCUT2D eigenvalue weighted by atomic mass is 32.2. The molecule has 2 heterocycles. The van der Waals surface area contributed by atoms with E-state index < -0.39 is 21.9 Å². The summed E-state index contributed by atoms with van der Waals surface area (Å²) in [5.41, 5.74) is -0.707. The second kappa shape index (κ2) is 6.92. The van der Waals surface area contributed by atoms with E-state index in [9.17, 15) is 13.2 Å². The Morgan fingerprint density at radius 3 is 2.23 bits per heavy atom. The molecule has 0 aromatic heterocycles. The minimum Gasteiger partial charge on any atom is -0.443 e. The molecule has 2 aliphatic heterocycles. The molecule has 26 heavy (non-hydrogen) atoms. The summed E-state index contributed by atoms with van der Waals surface area (Å²) in [6.07, 6.45) is 3.58. The van der Waals surface area contributed by atoms with Gasteiger partial charge in [-0.05, 0) is 53.5 Å². The zero-order valence-corrected chi connectivity index (χ0v) is 17.0. The molecule has 150 valence electrons. The molecule has 0 bridgehead atoms. The van der Waals surface area contributed by atoms with Crippen molar-refractivity contribution < 1.29 is 22.7 Å². The van der Waals surface area contributed by atoms with Crippen LogP contribution in [-0.2, 0) is 19.7 Å². The smallest absolute Gasteiger partial charge is 0.422 e. The molecule has 1 aliphatic carbocycles. The molecule has 1 saturated carbocycles. The maximum atomic E-state index is 12.2. The summed E-state index contributed by atoms with van der Waals surface area (Å²) >= 11 is 0. The fraction of sp³-hybridized carbons (Fsp3) is 0.941. The van der Waals surface area contributed by atoms with Crippen molar-refractivity contribution in [1.29, 1.82) is 0 Å². The quantitative estimate of drug-likeness (QED) is 0.780. The molecule has 0 unspecified atom stereocenters. The predicted molar refractivity (Wildman–Crippen MR) is 96.9 cm³/mol. The maximum Gasteiger partial charge on any atom is 0.422 e. The Balaban J connectivity index is 1.40. The van der Waals surface area contributed by atoms with Crippen molar-refractivity contribution in [2.45, 2.75) is 64.3 Å². The van der Waals surface area contributed by atoms with Crippen LogP contribution in [0.15, 0.2) is 0 Å². The number of rotatable bonds is 4. The normalized spacial score (nSPS) is 25.5. The third kappa shape index (κ3) is 4.68. The first-order chi connectivity index (χ1) is 12.0. The van der Waals surface area contributed by atoms with Gasteiger partial charge in [0, 0.05) is 31.6 Å². The van der Waals surface area contributed by atoms with E-state index in [4.69, 9.17) is 9.47 Å². The minimum atomic E-state index is -3.83. The van der Waals surface area contributed by atoms with Crippen LogP contribution in [0.2, 0.25) is 0 Å². The summed E-state index contributed by atoms with van der Waals surface area (Å²) in [5.74, 6) is 0. The molecular weight excluding hydrogens is 358 g/mol. The standard InChI is InChI=1S/C17H31N3O5S/c1-16(2,3)25-15(21)18-26(22,23)20-11-17(12-20)9-14(10-17)24-13-5-7-19(4)8-6-13/h13-14H,5-12H2,1-4H3,(H,18,21). The van der Waals surface area contributed by atoms with E-state index in [1.54, 1.807) is 20.8 Å². The first kappa shape index (κ1) is 19.9. The molecule has 3 fully saturated rings. The predicted octanol–water partition coefficient (Wildman–Crippen LogP) is 1.33. The van der Waals surface area contributed by atoms with E-state index >= 15 is 0 Å². The highest BCUT2D eigenvalue weighted by Gasteiger charge is 2.56. The Morgan fingerprint density at radius 2 is 1.69 bits per heavy atom. The van der Waals surface area contributed by atoms with Gasteiger partial charge in [-0.15, -0.1) is 0 Å². The van der Waals surface area contributed by atoms with Crippen LogP contribution in [-0.4, -0.2) is 74.8 Å². The zero-order chi connectivity index (χ0) is 19.2. The lowest BCUT2D eigenvalue weighted by molar-refractivity contribution is -0.158. The molecule has 0 radical (unpaired) electrons. The summed E-state index contributed by atoms with van der Waals surface area (Å²) < 4.78 is 39.0. The highest BCUT2D eigenvalue weighted by molar-refractivity contribution is 7.87. The number of hydrogen-bond acceptors (Lipinski definition) is 6. The molecule has 1 amide bonds. The molecule has 3 aliphatic rings. The average molecular weight is 390 g/mol. The summed E-state index contributed by atoms with van der Waals surface area (Å²) in [6, 6.07) is 0. The van der Waals surface area contributed by atoms with Crippen LogP contribution in [0.3, 0.4) is 0 Å². The molecule has 3 rings (SSSR count). The SMILES string of the molecule is CN1CCC(OC2CC3(C2)CN(S(=O)(=O)NC(=O)OC(C)(C)C)C3)CC1. The highest BCUT2D eigenvalue weighted by Crippen LogP contribution is 2.50. The van der Waals surface area contributed by atoms with Gasteiger partial charge in [0.15, 0.2) is 0 Å². The van der Waals surface area contributed by atoms with Crippen LogP contribution >= 0.6 is 0 Å². The van der Waals surface area contributed by atoms with Crippen LogP contribution in [0.1, 0.15) is 46.5 Å². The van der Waals surface area contributed by atoms with E-state index in [0.29, 0.717) is 19.2 Å². The van der Waals surface area contributed by atoms with Gasteiger partial charge in [0.05, 0.1) is 12.2 Å². The Bertz CT molecular complexity index is 623. The molecule has 2 saturated heterocycles. The van der Waals surface area contributed by atoms with Gasteiger partial charge >= 0.3 is 16.3 Å². The molecular formula is C17H31N3O5S. The maximum absolute atomic E-state index is 12.2. The zero-order valence-electron chi connectivity index (χ0n) is 16.2. The molecule has 0 aromatic rings. The molecule has 0 aromatic carbocycles. The molecule has 9 heteroatoms. The van der Waals surface area contributed by atoms with E-state index in [0.717, 1.165) is 38.8 Å². The van der Waals surface area contributed by atoms with Gasteiger partial charge in [0.1, 0.15) is 5.60 Å². The summed E-state index contributed by atoms with van der Waals surface area (Å²) in [4.78, 5) is 14.0. The number of piperidine rings is 1. The first-order valence-corrected chi connectivity index (χ1v) is 10.8. The van der Waals surface area contributed by atoms with Crippen LogP contribution in [0.4, 0.5) is 4.79 Å². The topological polar surface area (TPSA) is 88.2 Å². The fourth-order valence-electron chi connectivity index (χ4n) is 3.99. The largest absolute Gasteiger partial charge is 0.443 e. The van der Waals surface area contributed by atoms with Crippen molar-refractivity contribution in [2.24, 2.45) is 5.41 Å². The van der Waals surface area contributed by atoms with Crippen molar-refractivity contribution in [3.05, 3.63) is 0 Å². The van der Waals surface area contributed by atoms with Gasteiger partial charge in [-0.3, -0.25) is 0 Å². The lowest BCUT2D eigenvalue weighted by Gasteiger charge is -2.58. The van der Waals surface area contributed by atoms with Crippen LogP contribution in [0.5, 0.6) is 0 Å². The Labute approximate surface area is 156 Å². The van der Waals surface area contributed by atoms with Gasteiger partial charge < -0.3 is 14.4 Å². The minimum absolute atomic E-state index is 0.0266. The van der Waals surface area contributed by atoms with Crippen LogP contribution in [0, 0.1) is 5.41 Å². The Hall–Kier alpha value is -0.900. The number of likely N-dealkylation sites (tertiary alicyclic amines) is 1. The van der Waals surface area contributed by atoms with Gasteiger partial charge in [0.25, 0.3) is 0 Å². The number of amides is 1. The number of carbonyl (C=O) groups is 1. The molecule has 1 spiro atoms. The van der Waals surface area contributed by atoms with Crippen molar-refractivity contribution in [3.8, 4) is 0 Å². The molecule has 1 N–H and O–H groups in total. The van der Waals surface area contributed by atoms with Gasteiger partial charge in [-0.2, -0.15) is 12.7 Å². The lowest BCUT2D eigenvalue weighted by atomic mass is 9.63. The molecule has 8 nitrogen and oxygen atoms in total. The van der Waals surface area contributed by atoms with E-state index in [1.807, 2.05) is 4.72 Å². The number of ether oxygens (including phenoxy) is 2.